The van der Waals surface area contributed by atoms with E-state index in [4.69, 9.17) is 4.74 Å². The number of carbonyl (C=O) groups excluding carboxylic acids is 1. The second-order valence-corrected chi connectivity index (χ2v) is 9.02. The van der Waals surface area contributed by atoms with Crippen LogP contribution in [0, 0.1) is 5.41 Å². The van der Waals surface area contributed by atoms with Crippen molar-refractivity contribution >= 4 is 17.0 Å². The van der Waals surface area contributed by atoms with Gasteiger partial charge in [0.2, 0.25) is 5.92 Å². The van der Waals surface area contributed by atoms with Crippen LogP contribution in [0.1, 0.15) is 44.9 Å². The standard InChI is InChI=1S/C22H27F2N3O2/c23-22(24)7-5-16(6-8-22)26-11-9-21(10-12-26)13-17(29-20(21)28)14-27-15-25-18-3-1-2-4-19(18)27/h1-4,15-17H,5-14H2. The predicted molar refractivity (Wildman–Crippen MR) is 105 cm³/mol. The number of carbonyl (C=O) groups is 1. The highest BCUT2D eigenvalue weighted by molar-refractivity contribution is 5.79. The van der Waals surface area contributed by atoms with Gasteiger partial charge in [-0.05, 0) is 50.9 Å². The van der Waals surface area contributed by atoms with Gasteiger partial charge >= 0.3 is 5.97 Å². The summed E-state index contributed by atoms with van der Waals surface area (Å²) in [7, 11) is 0. The van der Waals surface area contributed by atoms with E-state index in [0.29, 0.717) is 19.4 Å². The first kappa shape index (κ1) is 19.0. The number of alkyl halides is 2. The Labute approximate surface area is 169 Å². The van der Waals surface area contributed by atoms with Crippen molar-refractivity contribution in [1.29, 1.82) is 0 Å². The summed E-state index contributed by atoms with van der Waals surface area (Å²) in [6.45, 7) is 2.22. The van der Waals surface area contributed by atoms with Gasteiger partial charge in [-0.3, -0.25) is 4.79 Å². The third-order valence-electron chi connectivity index (χ3n) is 7.21. The Hall–Kier alpha value is -2.02. The van der Waals surface area contributed by atoms with Gasteiger partial charge in [0.1, 0.15) is 6.10 Å². The van der Waals surface area contributed by atoms with Crippen molar-refractivity contribution in [2.75, 3.05) is 13.1 Å². The summed E-state index contributed by atoms with van der Waals surface area (Å²) in [5.41, 5.74) is 1.59. The summed E-state index contributed by atoms with van der Waals surface area (Å²) in [6, 6.07) is 8.19. The van der Waals surface area contributed by atoms with Gasteiger partial charge in [0.25, 0.3) is 0 Å². The maximum atomic E-state index is 13.4. The summed E-state index contributed by atoms with van der Waals surface area (Å²) in [5.74, 6) is -2.57. The molecule has 1 aromatic heterocycles. The number of esters is 1. The molecular weight excluding hydrogens is 376 g/mol. The van der Waals surface area contributed by atoms with E-state index in [2.05, 4.69) is 14.5 Å². The molecule has 1 saturated carbocycles. The summed E-state index contributed by atoms with van der Waals surface area (Å²) in [4.78, 5) is 19.5. The zero-order valence-electron chi connectivity index (χ0n) is 16.5. The number of benzene rings is 1. The molecular formula is C22H27F2N3O2. The zero-order chi connectivity index (χ0) is 20.1. The molecule has 0 radical (unpaired) electrons. The number of fused-ring (bicyclic) bond motifs is 1. The minimum atomic E-state index is -2.49. The molecule has 7 heteroatoms. The van der Waals surface area contributed by atoms with Gasteiger partial charge in [-0.25, -0.2) is 13.8 Å². The third kappa shape index (κ3) is 3.54. The molecule has 5 nitrogen and oxygen atoms in total. The molecule has 29 heavy (non-hydrogen) atoms. The predicted octanol–water partition coefficient (Wildman–Crippen LogP) is 4.01. The van der Waals surface area contributed by atoms with Crippen LogP contribution in [0.25, 0.3) is 11.0 Å². The van der Waals surface area contributed by atoms with Crippen molar-refractivity contribution in [2.45, 2.75) is 69.6 Å². The number of hydrogen-bond donors (Lipinski definition) is 0. The molecule has 2 aliphatic heterocycles. The number of rotatable bonds is 3. The monoisotopic (exact) mass is 403 g/mol. The maximum absolute atomic E-state index is 13.4. The van der Waals surface area contributed by atoms with Gasteiger partial charge in [-0.15, -0.1) is 0 Å². The van der Waals surface area contributed by atoms with E-state index in [1.807, 2.05) is 30.6 Å². The molecule has 2 saturated heterocycles. The Balaban J connectivity index is 1.21. The SMILES string of the molecule is O=C1OC(Cn2cnc3ccccc32)CC12CCN(C1CCC(F)(F)CC1)CC2. The average molecular weight is 403 g/mol. The van der Waals surface area contributed by atoms with Crippen molar-refractivity contribution in [3.8, 4) is 0 Å². The minimum Gasteiger partial charge on any atom is -0.460 e. The fourth-order valence-electron chi connectivity index (χ4n) is 5.43. The molecule has 1 atom stereocenters. The van der Waals surface area contributed by atoms with Gasteiger partial charge < -0.3 is 14.2 Å². The lowest BCUT2D eigenvalue weighted by Gasteiger charge is -2.43. The van der Waals surface area contributed by atoms with Gasteiger partial charge in [0.05, 0.1) is 29.3 Å². The molecule has 1 aromatic carbocycles. The molecule has 0 bridgehead atoms. The number of nitrogens with zero attached hydrogens (tertiary/aromatic N) is 3. The van der Waals surface area contributed by atoms with Crippen LogP contribution >= 0.6 is 0 Å². The highest BCUT2D eigenvalue weighted by Gasteiger charge is 2.51. The zero-order valence-corrected chi connectivity index (χ0v) is 16.5. The van der Waals surface area contributed by atoms with E-state index in [1.54, 1.807) is 0 Å². The summed E-state index contributed by atoms with van der Waals surface area (Å²) >= 11 is 0. The van der Waals surface area contributed by atoms with Crippen molar-refractivity contribution in [1.82, 2.24) is 14.5 Å². The number of aromatic nitrogens is 2. The van der Waals surface area contributed by atoms with Gasteiger partial charge in [-0.1, -0.05) is 12.1 Å². The van der Waals surface area contributed by atoms with E-state index < -0.39 is 11.3 Å². The Morgan fingerprint density at radius 1 is 1.10 bits per heavy atom. The van der Waals surface area contributed by atoms with E-state index in [-0.39, 0.29) is 31.0 Å². The van der Waals surface area contributed by atoms with Crippen LogP contribution in [-0.2, 0) is 16.1 Å². The number of likely N-dealkylation sites (tertiary alicyclic amines) is 1. The number of cyclic esters (lactones) is 1. The number of hydrogen-bond acceptors (Lipinski definition) is 4. The van der Waals surface area contributed by atoms with Crippen molar-refractivity contribution in [3.05, 3.63) is 30.6 Å². The Kier molecular flexibility index (Phi) is 4.61. The lowest BCUT2D eigenvalue weighted by Crippen LogP contribution is -2.48. The normalized spacial score (nSPS) is 27.5. The summed E-state index contributed by atoms with van der Waals surface area (Å²) in [5, 5.41) is 0. The highest BCUT2D eigenvalue weighted by atomic mass is 19.3. The first-order chi connectivity index (χ1) is 13.9. The second-order valence-electron chi connectivity index (χ2n) is 9.02. The van der Waals surface area contributed by atoms with Crippen LogP contribution in [0.4, 0.5) is 8.78 Å². The van der Waals surface area contributed by atoms with Crippen molar-refractivity contribution in [2.24, 2.45) is 5.41 Å². The van der Waals surface area contributed by atoms with Crippen LogP contribution in [0.15, 0.2) is 30.6 Å². The van der Waals surface area contributed by atoms with Gasteiger partial charge in [0.15, 0.2) is 0 Å². The second kappa shape index (κ2) is 7.04. The van der Waals surface area contributed by atoms with Crippen LogP contribution < -0.4 is 0 Å². The van der Waals surface area contributed by atoms with Crippen molar-refractivity contribution < 1.29 is 18.3 Å². The quantitative estimate of drug-likeness (QED) is 0.727. The number of ether oxygens (including phenoxy) is 1. The fraction of sp³-hybridized carbons (Fsp3) is 0.636. The van der Waals surface area contributed by atoms with Crippen LogP contribution in [0.2, 0.25) is 0 Å². The van der Waals surface area contributed by atoms with E-state index in [9.17, 15) is 13.6 Å². The molecule has 1 spiro atoms. The molecule has 156 valence electrons. The lowest BCUT2D eigenvalue weighted by molar-refractivity contribution is -0.151. The number of halogens is 2. The Morgan fingerprint density at radius 3 is 2.59 bits per heavy atom. The topological polar surface area (TPSA) is 47.4 Å². The molecule has 1 aliphatic carbocycles. The fourth-order valence-corrected chi connectivity index (χ4v) is 5.43. The van der Waals surface area contributed by atoms with E-state index >= 15 is 0 Å². The van der Waals surface area contributed by atoms with E-state index in [0.717, 1.165) is 43.4 Å². The van der Waals surface area contributed by atoms with Crippen LogP contribution in [-0.4, -0.2) is 51.6 Å². The third-order valence-corrected chi connectivity index (χ3v) is 7.21. The highest BCUT2D eigenvalue weighted by Crippen LogP contribution is 2.45. The Bertz CT molecular complexity index is 894. The molecule has 0 amide bonds. The first-order valence-corrected chi connectivity index (χ1v) is 10.7. The van der Waals surface area contributed by atoms with Crippen LogP contribution in [0.5, 0.6) is 0 Å². The van der Waals surface area contributed by atoms with E-state index in [1.165, 1.54) is 0 Å². The molecule has 5 rings (SSSR count). The van der Waals surface area contributed by atoms with Crippen LogP contribution in [0.3, 0.4) is 0 Å². The largest absolute Gasteiger partial charge is 0.460 e. The summed E-state index contributed by atoms with van der Waals surface area (Å²) in [6.07, 6.45) is 5.02. The molecule has 3 aliphatic rings. The number of piperidine rings is 1. The lowest BCUT2D eigenvalue weighted by atomic mass is 9.75. The summed E-state index contributed by atoms with van der Waals surface area (Å²) < 4.78 is 34.7. The van der Waals surface area contributed by atoms with Gasteiger partial charge in [0, 0.05) is 25.3 Å². The molecule has 3 fully saturated rings. The average Bonchev–Trinajstić information content (AvgIpc) is 3.24. The van der Waals surface area contributed by atoms with Gasteiger partial charge in [-0.2, -0.15) is 0 Å². The maximum Gasteiger partial charge on any atom is 0.312 e. The molecule has 3 heterocycles. The molecule has 2 aromatic rings. The Morgan fingerprint density at radius 2 is 1.83 bits per heavy atom. The molecule has 1 unspecified atom stereocenters. The number of imidazole rings is 1. The molecule has 0 N–H and O–H groups in total. The minimum absolute atomic E-state index is 0.0116. The first-order valence-electron chi connectivity index (χ1n) is 10.7. The van der Waals surface area contributed by atoms with Crippen molar-refractivity contribution in [3.63, 3.8) is 0 Å². The number of para-hydroxylation sites is 2. The smallest absolute Gasteiger partial charge is 0.312 e.